The van der Waals surface area contributed by atoms with E-state index in [1.165, 1.54) is 0 Å². The molecule has 0 aliphatic carbocycles. The van der Waals surface area contributed by atoms with E-state index in [0.717, 1.165) is 10.6 Å². The van der Waals surface area contributed by atoms with E-state index in [0.29, 0.717) is 34.9 Å². The van der Waals surface area contributed by atoms with Crippen molar-refractivity contribution < 1.29 is 23.9 Å². The molecule has 156 valence electrons. The van der Waals surface area contributed by atoms with Crippen molar-refractivity contribution in [2.75, 3.05) is 18.5 Å². The molecule has 0 unspecified atom stereocenters. The van der Waals surface area contributed by atoms with E-state index < -0.39 is 17.7 Å². The minimum Gasteiger partial charge on any atom is -0.494 e. The number of carbonyl (C=O) groups excluding carboxylic acids is 3. The Balaban J connectivity index is 1.45. The predicted molar refractivity (Wildman–Crippen MR) is 115 cm³/mol. The first-order chi connectivity index (χ1) is 15.1. The molecule has 0 spiro atoms. The molecule has 0 atom stereocenters. The van der Waals surface area contributed by atoms with E-state index in [1.54, 1.807) is 72.8 Å². The highest BCUT2D eigenvalue weighted by Gasteiger charge is 2.36. The zero-order valence-electron chi connectivity index (χ0n) is 16.8. The third-order valence-corrected chi connectivity index (χ3v) is 4.70. The lowest BCUT2D eigenvalue weighted by molar-refractivity contribution is -0.116. The second-order valence-electron chi connectivity index (χ2n) is 6.79. The molecule has 0 fully saturated rings. The van der Waals surface area contributed by atoms with Crippen LogP contribution in [0.1, 0.15) is 27.6 Å². The van der Waals surface area contributed by atoms with Crippen LogP contribution in [-0.2, 0) is 4.79 Å². The lowest BCUT2D eigenvalue weighted by Gasteiger charge is -2.16. The average Bonchev–Trinajstić information content (AvgIpc) is 3.02. The number of imide groups is 1. The number of fused-ring (bicyclic) bond motifs is 1. The first kappa shape index (κ1) is 20.2. The molecule has 0 aromatic heterocycles. The molecule has 1 heterocycles. The van der Waals surface area contributed by atoms with Gasteiger partial charge >= 0.3 is 0 Å². The van der Waals surface area contributed by atoms with Crippen LogP contribution in [-0.4, -0.2) is 35.8 Å². The van der Waals surface area contributed by atoms with Crippen molar-refractivity contribution in [3.63, 3.8) is 0 Å². The Morgan fingerprint density at radius 2 is 1.42 bits per heavy atom. The highest BCUT2D eigenvalue weighted by atomic mass is 16.5. The topological polar surface area (TPSA) is 84.9 Å². The molecule has 0 saturated carbocycles. The zero-order chi connectivity index (χ0) is 21.8. The van der Waals surface area contributed by atoms with Crippen LogP contribution in [0.25, 0.3) is 0 Å². The molecule has 0 radical (unpaired) electrons. The number of amides is 3. The number of nitrogens with one attached hydrogen (secondary N) is 1. The minimum absolute atomic E-state index is 0.305. The number of anilines is 1. The fourth-order valence-electron chi connectivity index (χ4n) is 3.27. The molecule has 4 rings (SSSR count). The largest absolute Gasteiger partial charge is 0.494 e. The second-order valence-corrected chi connectivity index (χ2v) is 6.79. The summed E-state index contributed by atoms with van der Waals surface area (Å²) in [4.78, 5) is 38.5. The molecule has 31 heavy (non-hydrogen) atoms. The fraction of sp³-hybridized carbons (Fsp3) is 0.125. The van der Waals surface area contributed by atoms with Crippen molar-refractivity contribution in [1.82, 2.24) is 4.90 Å². The molecular weight excluding hydrogens is 396 g/mol. The van der Waals surface area contributed by atoms with Gasteiger partial charge in [-0.15, -0.1) is 0 Å². The highest BCUT2D eigenvalue weighted by molar-refractivity contribution is 6.22. The van der Waals surface area contributed by atoms with Crippen molar-refractivity contribution in [2.24, 2.45) is 0 Å². The molecule has 0 bridgehead atoms. The number of hydrogen-bond acceptors (Lipinski definition) is 5. The summed E-state index contributed by atoms with van der Waals surface area (Å²) in [5.74, 6) is 0.284. The minimum atomic E-state index is -0.503. The van der Waals surface area contributed by atoms with Gasteiger partial charge in [0.1, 0.15) is 18.0 Å². The predicted octanol–water partition coefficient (Wildman–Crippen LogP) is 4.11. The molecule has 3 aromatic carbocycles. The first-order valence-corrected chi connectivity index (χ1v) is 9.81. The summed E-state index contributed by atoms with van der Waals surface area (Å²) >= 11 is 0. The Bertz CT molecular complexity index is 1110. The van der Waals surface area contributed by atoms with E-state index in [9.17, 15) is 14.4 Å². The Morgan fingerprint density at radius 3 is 2.06 bits per heavy atom. The Hall–Kier alpha value is -4.13. The first-order valence-electron chi connectivity index (χ1n) is 9.81. The molecule has 1 aliphatic heterocycles. The van der Waals surface area contributed by atoms with Crippen molar-refractivity contribution in [3.05, 3.63) is 83.9 Å². The van der Waals surface area contributed by atoms with E-state index in [2.05, 4.69) is 5.32 Å². The number of para-hydroxylation sites is 2. The number of rotatable bonds is 7. The normalized spacial score (nSPS) is 12.5. The lowest BCUT2D eigenvalue weighted by atomic mass is 10.1. The van der Waals surface area contributed by atoms with Crippen LogP contribution in [0, 0.1) is 0 Å². The maximum Gasteiger partial charge on any atom is 0.262 e. The molecule has 0 saturated heterocycles. The molecule has 3 aromatic rings. The van der Waals surface area contributed by atoms with E-state index in [1.807, 2.05) is 6.92 Å². The van der Waals surface area contributed by atoms with Gasteiger partial charge in [0.2, 0.25) is 5.91 Å². The summed E-state index contributed by atoms with van der Waals surface area (Å²) in [6.07, 6.45) is 0. The van der Waals surface area contributed by atoms with Crippen LogP contribution >= 0.6 is 0 Å². The van der Waals surface area contributed by atoms with Gasteiger partial charge in [-0.05, 0) is 55.5 Å². The summed E-state index contributed by atoms with van der Waals surface area (Å²) in [5, 5.41) is 2.72. The SMILES string of the molecule is CCOc1ccc(Oc2ccccc2NC(=O)CN2C(=O)c3ccccc3C2=O)cc1. The second kappa shape index (κ2) is 8.71. The Labute approximate surface area is 179 Å². The van der Waals surface area contributed by atoms with Crippen molar-refractivity contribution in [2.45, 2.75) is 6.92 Å². The summed E-state index contributed by atoms with van der Waals surface area (Å²) in [5.41, 5.74) is 1.04. The van der Waals surface area contributed by atoms with Crippen LogP contribution in [0.3, 0.4) is 0 Å². The highest BCUT2D eigenvalue weighted by Crippen LogP contribution is 2.30. The van der Waals surface area contributed by atoms with Crippen molar-refractivity contribution >= 4 is 23.4 Å². The van der Waals surface area contributed by atoms with Crippen LogP contribution < -0.4 is 14.8 Å². The van der Waals surface area contributed by atoms with Gasteiger partial charge in [0.25, 0.3) is 11.8 Å². The standard InChI is InChI=1S/C24H20N2O5/c1-2-30-16-11-13-17(14-12-16)31-21-10-6-5-9-20(21)25-22(27)15-26-23(28)18-7-3-4-8-19(18)24(26)29/h3-14H,2,15H2,1H3,(H,25,27). The third kappa shape index (κ3) is 4.25. The number of ether oxygens (including phenoxy) is 2. The summed E-state index contributed by atoms with van der Waals surface area (Å²) < 4.78 is 11.3. The Kier molecular flexibility index (Phi) is 5.66. The maximum absolute atomic E-state index is 12.6. The Morgan fingerprint density at radius 1 is 0.839 bits per heavy atom. The molecule has 1 aliphatic rings. The monoisotopic (exact) mass is 416 g/mol. The molecule has 3 amide bonds. The van der Waals surface area contributed by atoms with Gasteiger partial charge in [-0.25, -0.2) is 0 Å². The number of carbonyl (C=O) groups is 3. The zero-order valence-corrected chi connectivity index (χ0v) is 16.8. The number of hydrogen-bond donors (Lipinski definition) is 1. The van der Waals surface area contributed by atoms with E-state index >= 15 is 0 Å². The number of benzene rings is 3. The molecule has 7 heteroatoms. The summed E-state index contributed by atoms with van der Waals surface area (Å²) in [6, 6.07) is 20.6. The summed E-state index contributed by atoms with van der Waals surface area (Å²) in [7, 11) is 0. The molecule has 1 N–H and O–H groups in total. The molecule has 7 nitrogen and oxygen atoms in total. The quantitative estimate of drug-likeness (QED) is 0.586. The van der Waals surface area contributed by atoms with Gasteiger partial charge in [-0.3, -0.25) is 19.3 Å². The van der Waals surface area contributed by atoms with E-state index in [-0.39, 0.29) is 6.54 Å². The van der Waals surface area contributed by atoms with Gasteiger partial charge in [-0.1, -0.05) is 24.3 Å². The van der Waals surface area contributed by atoms with Gasteiger partial charge < -0.3 is 14.8 Å². The maximum atomic E-state index is 12.6. The average molecular weight is 416 g/mol. The number of nitrogens with zero attached hydrogens (tertiary/aromatic N) is 1. The van der Waals surface area contributed by atoms with Crippen LogP contribution in [0.4, 0.5) is 5.69 Å². The van der Waals surface area contributed by atoms with Gasteiger partial charge in [0.05, 0.1) is 23.4 Å². The van der Waals surface area contributed by atoms with Crippen molar-refractivity contribution in [1.29, 1.82) is 0 Å². The van der Waals surface area contributed by atoms with Crippen LogP contribution in [0.2, 0.25) is 0 Å². The third-order valence-electron chi connectivity index (χ3n) is 4.70. The van der Waals surface area contributed by atoms with Gasteiger partial charge in [0.15, 0.2) is 5.75 Å². The van der Waals surface area contributed by atoms with E-state index in [4.69, 9.17) is 9.47 Å². The smallest absolute Gasteiger partial charge is 0.262 e. The van der Waals surface area contributed by atoms with Crippen molar-refractivity contribution in [3.8, 4) is 17.2 Å². The fourth-order valence-corrected chi connectivity index (χ4v) is 3.27. The van der Waals surface area contributed by atoms with Crippen LogP contribution in [0.5, 0.6) is 17.2 Å². The lowest BCUT2D eigenvalue weighted by Crippen LogP contribution is -2.37. The van der Waals surface area contributed by atoms with Gasteiger partial charge in [-0.2, -0.15) is 0 Å². The van der Waals surface area contributed by atoms with Gasteiger partial charge in [0, 0.05) is 0 Å². The summed E-state index contributed by atoms with van der Waals surface area (Å²) in [6.45, 7) is 2.09. The van der Waals surface area contributed by atoms with Crippen LogP contribution in [0.15, 0.2) is 72.8 Å². The molecular formula is C24H20N2O5.